The van der Waals surface area contributed by atoms with E-state index in [1.807, 2.05) is 31.2 Å². The second-order valence-electron chi connectivity index (χ2n) is 9.30. The summed E-state index contributed by atoms with van der Waals surface area (Å²) in [6, 6.07) is 9.64. The molecule has 1 heterocycles. The van der Waals surface area contributed by atoms with Crippen molar-refractivity contribution in [3.8, 4) is 0 Å². The molecule has 0 saturated carbocycles. The van der Waals surface area contributed by atoms with Crippen LogP contribution in [0.15, 0.2) is 54.7 Å². The Hall–Kier alpha value is -2.48. The highest BCUT2D eigenvalue weighted by molar-refractivity contribution is 5.35. The van der Waals surface area contributed by atoms with Crippen LogP contribution >= 0.6 is 0 Å². The number of hydrogen-bond acceptors (Lipinski definition) is 2. The summed E-state index contributed by atoms with van der Waals surface area (Å²) in [6.07, 6.45) is -4.38. The minimum Gasteiger partial charge on any atom is -0.384 e. The Bertz CT molecular complexity index is 940. The fraction of sp³-hybridized carbons (Fsp3) is 0.481. The highest BCUT2D eigenvalue weighted by Gasteiger charge is 2.36. The van der Waals surface area contributed by atoms with Gasteiger partial charge in [0, 0.05) is 18.2 Å². The third-order valence-corrected chi connectivity index (χ3v) is 6.48. The van der Waals surface area contributed by atoms with Crippen molar-refractivity contribution < 1.29 is 26.3 Å². The van der Waals surface area contributed by atoms with Gasteiger partial charge in [-0.15, -0.1) is 0 Å². The van der Waals surface area contributed by atoms with Gasteiger partial charge in [0.1, 0.15) is 0 Å². The van der Waals surface area contributed by atoms with Gasteiger partial charge in [0.2, 0.25) is 0 Å². The third-order valence-electron chi connectivity index (χ3n) is 6.48. The summed E-state index contributed by atoms with van der Waals surface area (Å²) < 4.78 is 79.2. The molecule has 1 aliphatic rings. The van der Waals surface area contributed by atoms with Crippen LogP contribution in [-0.2, 0) is 18.9 Å². The van der Waals surface area contributed by atoms with E-state index in [1.54, 1.807) is 0 Å². The summed E-state index contributed by atoms with van der Waals surface area (Å²) in [5.41, 5.74) is -0.0183. The Kier molecular flexibility index (Phi) is 8.91. The predicted octanol–water partition coefficient (Wildman–Crippen LogP) is 7.69. The Morgan fingerprint density at radius 1 is 0.914 bits per heavy atom. The molecule has 0 amide bonds. The SMILES string of the molecule is C=C(NCc1cc(C(F)(F)F)cc(C(F)(F)F)c1)[C@@H](CCCN1CCCCC1)c1ccc(C)cc1. The Labute approximate surface area is 203 Å². The molecule has 3 rings (SSSR count). The van der Waals surface area contributed by atoms with Crippen molar-refractivity contribution in [1.29, 1.82) is 0 Å². The van der Waals surface area contributed by atoms with Gasteiger partial charge in [0.25, 0.3) is 0 Å². The molecular weight excluding hydrogens is 466 g/mol. The fourth-order valence-corrected chi connectivity index (χ4v) is 4.50. The van der Waals surface area contributed by atoms with E-state index in [1.165, 1.54) is 19.3 Å². The second kappa shape index (κ2) is 11.5. The standard InChI is InChI=1S/C27H32F6N2/c1-19-8-10-22(11-9-19)25(7-6-14-35-12-4-3-5-13-35)20(2)34-18-21-15-23(26(28,29)30)17-24(16-21)27(31,32)33/h8-11,15-17,25,34H,2-7,12-14,18H2,1H3/t25-/m1/s1. The maximum Gasteiger partial charge on any atom is 0.416 e. The van der Waals surface area contributed by atoms with Gasteiger partial charge in [0.15, 0.2) is 0 Å². The molecule has 35 heavy (non-hydrogen) atoms. The van der Waals surface area contributed by atoms with E-state index in [0.29, 0.717) is 5.70 Å². The number of halogens is 6. The molecule has 2 nitrogen and oxygen atoms in total. The monoisotopic (exact) mass is 498 g/mol. The van der Waals surface area contributed by atoms with Crippen LogP contribution in [0.25, 0.3) is 0 Å². The molecule has 1 fully saturated rings. The highest BCUT2D eigenvalue weighted by atomic mass is 19.4. The smallest absolute Gasteiger partial charge is 0.384 e. The number of benzene rings is 2. The molecule has 1 atom stereocenters. The average molecular weight is 499 g/mol. The van der Waals surface area contributed by atoms with E-state index in [0.717, 1.165) is 55.7 Å². The van der Waals surface area contributed by atoms with Gasteiger partial charge in [-0.1, -0.05) is 42.8 Å². The van der Waals surface area contributed by atoms with E-state index < -0.39 is 23.5 Å². The molecule has 1 saturated heterocycles. The number of rotatable bonds is 9. The highest BCUT2D eigenvalue weighted by Crippen LogP contribution is 2.36. The molecule has 0 bridgehead atoms. The Morgan fingerprint density at radius 2 is 1.49 bits per heavy atom. The number of hydrogen-bond donors (Lipinski definition) is 1. The van der Waals surface area contributed by atoms with Crippen LogP contribution in [0.3, 0.4) is 0 Å². The first kappa shape index (κ1) is 27.1. The van der Waals surface area contributed by atoms with Crippen molar-refractivity contribution in [2.24, 2.45) is 0 Å². The Morgan fingerprint density at radius 3 is 2.03 bits per heavy atom. The van der Waals surface area contributed by atoms with Gasteiger partial charge in [-0.25, -0.2) is 0 Å². The largest absolute Gasteiger partial charge is 0.416 e. The first-order valence-corrected chi connectivity index (χ1v) is 11.9. The summed E-state index contributed by atoms with van der Waals surface area (Å²) in [7, 11) is 0. The lowest BCUT2D eigenvalue weighted by atomic mass is 9.90. The number of alkyl halides is 6. The van der Waals surface area contributed by atoms with Crippen molar-refractivity contribution in [2.75, 3.05) is 19.6 Å². The number of likely N-dealkylation sites (tertiary alicyclic amines) is 1. The first-order valence-electron chi connectivity index (χ1n) is 11.9. The number of aryl methyl sites for hydroxylation is 1. The molecule has 0 unspecified atom stereocenters. The maximum atomic E-state index is 13.2. The van der Waals surface area contributed by atoms with Gasteiger partial charge < -0.3 is 10.2 Å². The number of nitrogens with one attached hydrogen (secondary N) is 1. The predicted molar refractivity (Wildman–Crippen MR) is 126 cm³/mol. The van der Waals surface area contributed by atoms with E-state index in [-0.39, 0.29) is 24.1 Å². The Balaban J connectivity index is 1.73. The minimum atomic E-state index is -4.87. The summed E-state index contributed by atoms with van der Waals surface area (Å²) in [5.74, 6) is -0.103. The number of piperidine rings is 1. The molecule has 1 N–H and O–H groups in total. The molecule has 192 valence electrons. The first-order chi connectivity index (χ1) is 16.4. The fourth-order valence-electron chi connectivity index (χ4n) is 4.50. The van der Waals surface area contributed by atoms with E-state index >= 15 is 0 Å². The van der Waals surface area contributed by atoms with Crippen molar-refractivity contribution in [3.63, 3.8) is 0 Å². The number of nitrogens with zero attached hydrogens (tertiary/aromatic N) is 1. The van der Waals surface area contributed by atoms with Crippen LogP contribution in [0.2, 0.25) is 0 Å². The van der Waals surface area contributed by atoms with E-state index in [9.17, 15) is 26.3 Å². The summed E-state index contributed by atoms with van der Waals surface area (Å²) in [4.78, 5) is 2.44. The zero-order valence-electron chi connectivity index (χ0n) is 19.9. The quantitative estimate of drug-likeness (QED) is 0.357. The van der Waals surface area contributed by atoms with Crippen molar-refractivity contribution in [2.45, 2.75) is 63.8 Å². The van der Waals surface area contributed by atoms with Crippen LogP contribution in [0, 0.1) is 6.92 Å². The molecule has 1 aliphatic heterocycles. The summed E-state index contributed by atoms with van der Waals surface area (Å²) in [6.45, 7) is 9.04. The van der Waals surface area contributed by atoms with Gasteiger partial charge in [-0.3, -0.25) is 0 Å². The lowest BCUT2D eigenvalue weighted by Gasteiger charge is -2.28. The van der Waals surface area contributed by atoms with Crippen LogP contribution < -0.4 is 5.32 Å². The normalized spacial score (nSPS) is 16.2. The third kappa shape index (κ3) is 8.02. The van der Waals surface area contributed by atoms with Crippen molar-refractivity contribution >= 4 is 0 Å². The number of allylic oxidation sites excluding steroid dienone is 1. The van der Waals surface area contributed by atoms with Crippen LogP contribution in [0.5, 0.6) is 0 Å². The molecule has 2 aromatic rings. The van der Waals surface area contributed by atoms with Gasteiger partial charge >= 0.3 is 12.4 Å². The zero-order valence-corrected chi connectivity index (χ0v) is 19.9. The van der Waals surface area contributed by atoms with Gasteiger partial charge in [-0.2, -0.15) is 26.3 Å². The lowest BCUT2D eigenvalue weighted by molar-refractivity contribution is -0.143. The maximum absolute atomic E-state index is 13.2. The van der Waals surface area contributed by atoms with Crippen molar-refractivity contribution in [3.05, 3.63) is 82.6 Å². The van der Waals surface area contributed by atoms with Crippen molar-refractivity contribution in [1.82, 2.24) is 10.2 Å². The second-order valence-corrected chi connectivity index (χ2v) is 9.30. The van der Waals surface area contributed by atoms with E-state index in [2.05, 4.69) is 16.8 Å². The van der Waals surface area contributed by atoms with E-state index in [4.69, 9.17) is 0 Å². The molecule has 0 aliphatic carbocycles. The summed E-state index contributed by atoms with van der Waals surface area (Å²) in [5, 5.41) is 3.02. The molecule has 2 aromatic carbocycles. The van der Waals surface area contributed by atoms with Crippen LogP contribution in [-0.4, -0.2) is 24.5 Å². The zero-order chi connectivity index (χ0) is 25.6. The van der Waals surface area contributed by atoms with Crippen LogP contribution in [0.1, 0.15) is 65.8 Å². The average Bonchev–Trinajstić information content (AvgIpc) is 2.80. The summed E-state index contributed by atoms with van der Waals surface area (Å²) >= 11 is 0. The minimum absolute atomic E-state index is 0.0933. The molecule has 8 heteroatoms. The molecular formula is C27H32F6N2. The van der Waals surface area contributed by atoms with Gasteiger partial charge in [-0.05, 0) is 81.6 Å². The van der Waals surface area contributed by atoms with Crippen LogP contribution in [0.4, 0.5) is 26.3 Å². The lowest BCUT2D eigenvalue weighted by Crippen LogP contribution is -2.31. The molecule has 0 radical (unpaired) electrons. The topological polar surface area (TPSA) is 15.3 Å². The molecule has 0 aromatic heterocycles. The van der Waals surface area contributed by atoms with Gasteiger partial charge in [0.05, 0.1) is 11.1 Å². The molecule has 0 spiro atoms.